The summed E-state index contributed by atoms with van der Waals surface area (Å²) in [6.45, 7) is 1.32. The second-order valence-corrected chi connectivity index (χ2v) is 4.66. The third kappa shape index (κ3) is 2.27. The van der Waals surface area contributed by atoms with E-state index < -0.39 is 5.56 Å². The lowest BCUT2D eigenvalue weighted by molar-refractivity contribution is 0.191. The van der Waals surface area contributed by atoms with Crippen molar-refractivity contribution in [2.75, 3.05) is 12.0 Å². The molecule has 0 aliphatic carbocycles. The molecule has 0 fully saturated rings. The van der Waals surface area contributed by atoms with Gasteiger partial charge in [0.2, 0.25) is 0 Å². The highest BCUT2D eigenvalue weighted by Gasteiger charge is 2.22. The second kappa shape index (κ2) is 5.16. The van der Waals surface area contributed by atoms with Crippen LogP contribution in [0.2, 0.25) is 0 Å². The van der Waals surface area contributed by atoms with E-state index in [0.29, 0.717) is 31.3 Å². The van der Waals surface area contributed by atoms with Gasteiger partial charge in [-0.2, -0.15) is 10.5 Å². The Bertz CT molecular complexity index is 808. The van der Waals surface area contributed by atoms with Crippen LogP contribution >= 0.6 is 0 Å². The van der Waals surface area contributed by atoms with Crippen molar-refractivity contribution in [2.24, 2.45) is 0 Å². The summed E-state index contributed by atoms with van der Waals surface area (Å²) in [6.07, 6.45) is 1.59. The van der Waals surface area contributed by atoms with Crippen molar-refractivity contribution in [3.8, 4) is 12.1 Å². The van der Waals surface area contributed by atoms with Crippen LogP contribution in [0.4, 0.5) is 5.82 Å². The molecule has 3 rings (SSSR count). The Morgan fingerprint density at radius 1 is 1.33 bits per heavy atom. The summed E-state index contributed by atoms with van der Waals surface area (Å²) in [5, 5.41) is 21.2. The van der Waals surface area contributed by atoms with Gasteiger partial charge in [-0.3, -0.25) is 14.3 Å². The van der Waals surface area contributed by atoms with Gasteiger partial charge in [0.05, 0.1) is 31.7 Å². The van der Waals surface area contributed by atoms with Crippen molar-refractivity contribution >= 4 is 5.82 Å². The summed E-state index contributed by atoms with van der Waals surface area (Å²) < 4.78 is 6.69. The number of nitriles is 2. The highest BCUT2D eigenvalue weighted by molar-refractivity contribution is 5.56. The first-order valence-electron chi connectivity index (χ1n) is 6.29. The van der Waals surface area contributed by atoms with Gasteiger partial charge in [0.15, 0.2) is 0 Å². The van der Waals surface area contributed by atoms with Crippen LogP contribution in [0.1, 0.15) is 16.9 Å². The number of anilines is 1. The van der Waals surface area contributed by atoms with Gasteiger partial charge in [-0.25, -0.2) is 0 Å². The van der Waals surface area contributed by atoms with Gasteiger partial charge >= 0.3 is 0 Å². The van der Waals surface area contributed by atoms with E-state index in [1.54, 1.807) is 12.3 Å². The Hall–Kier alpha value is -3.03. The van der Waals surface area contributed by atoms with E-state index in [-0.39, 0.29) is 5.56 Å². The highest BCUT2D eigenvalue weighted by atomic mass is 16.3. The number of rotatable bonds is 2. The van der Waals surface area contributed by atoms with E-state index in [9.17, 15) is 4.79 Å². The SMILES string of the molecule is N#Cc1cc(C#N)c(=O)n2c1NCN(Cc1ccco1)C2. The Morgan fingerprint density at radius 3 is 2.81 bits per heavy atom. The first-order chi connectivity index (χ1) is 10.2. The molecule has 1 N–H and O–H groups in total. The molecular weight excluding hydrogens is 270 g/mol. The number of nitrogens with zero attached hydrogens (tertiary/aromatic N) is 4. The lowest BCUT2D eigenvalue weighted by Gasteiger charge is -2.30. The average molecular weight is 281 g/mol. The normalized spacial score (nSPS) is 13.8. The van der Waals surface area contributed by atoms with Crippen LogP contribution in [0.15, 0.2) is 33.7 Å². The molecule has 0 bridgehead atoms. The summed E-state index contributed by atoms with van der Waals surface area (Å²) in [4.78, 5) is 14.1. The van der Waals surface area contributed by atoms with Gasteiger partial charge in [0, 0.05) is 0 Å². The lowest BCUT2D eigenvalue weighted by Crippen LogP contribution is -2.42. The molecule has 3 heterocycles. The van der Waals surface area contributed by atoms with Gasteiger partial charge in [-0.15, -0.1) is 0 Å². The van der Waals surface area contributed by atoms with E-state index in [2.05, 4.69) is 5.32 Å². The molecular formula is C14H11N5O2. The van der Waals surface area contributed by atoms with Crippen LogP contribution in [0.5, 0.6) is 0 Å². The summed E-state index contributed by atoms with van der Waals surface area (Å²) in [6, 6.07) is 8.81. The standard InChI is InChI=1S/C14H11N5O2/c15-5-10-4-11(6-16)14(20)19-9-18(8-17-13(10)19)7-12-2-1-3-21-12/h1-4,17H,7-9H2. The lowest BCUT2D eigenvalue weighted by atomic mass is 10.2. The largest absolute Gasteiger partial charge is 0.468 e. The Morgan fingerprint density at radius 2 is 2.14 bits per heavy atom. The molecule has 1 aliphatic rings. The molecule has 0 saturated carbocycles. The Kier molecular flexibility index (Phi) is 3.19. The fourth-order valence-corrected chi connectivity index (χ4v) is 2.32. The first kappa shape index (κ1) is 13.0. The van der Waals surface area contributed by atoms with Crippen LogP contribution in [-0.4, -0.2) is 16.1 Å². The zero-order valence-electron chi connectivity index (χ0n) is 11.0. The number of pyridine rings is 1. The fourth-order valence-electron chi connectivity index (χ4n) is 2.32. The predicted octanol–water partition coefficient (Wildman–Crippen LogP) is 1.03. The topological polar surface area (TPSA) is 98.0 Å². The van der Waals surface area contributed by atoms with Gasteiger partial charge in [0.1, 0.15) is 29.3 Å². The molecule has 0 radical (unpaired) electrons. The van der Waals surface area contributed by atoms with Crippen LogP contribution in [0.25, 0.3) is 0 Å². The number of hydrogen-bond acceptors (Lipinski definition) is 6. The van der Waals surface area contributed by atoms with Crippen molar-refractivity contribution in [2.45, 2.75) is 13.2 Å². The van der Waals surface area contributed by atoms with Crippen LogP contribution in [0.3, 0.4) is 0 Å². The van der Waals surface area contributed by atoms with Crippen LogP contribution in [-0.2, 0) is 13.2 Å². The molecule has 7 heteroatoms. The number of nitrogens with one attached hydrogen (secondary N) is 1. The molecule has 0 saturated heterocycles. The zero-order chi connectivity index (χ0) is 14.8. The highest BCUT2D eigenvalue weighted by Crippen LogP contribution is 2.19. The summed E-state index contributed by atoms with van der Waals surface area (Å²) in [5.41, 5.74) is -0.135. The maximum atomic E-state index is 12.2. The molecule has 104 valence electrons. The molecule has 1 aliphatic heterocycles. The fraction of sp³-hybridized carbons (Fsp3) is 0.214. The van der Waals surface area contributed by atoms with Crippen molar-refractivity contribution in [1.82, 2.24) is 9.47 Å². The third-order valence-corrected chi connectivity index (χ3v) is 3.30. The quantitative estimate of drug-likeness (QED) is 0.882. The maximum absolute atomic E-state index is 12.2. The summed E-state index contributed by atoms with van der Waals surface area (Å²) in [7, 11) is 0. The molecule has 0 unspecified atom stereocenters. The zero-order valence-corrected chi connectivity index (χ0v) is 11.0. The third-order valence-electron chi connectivity index (χ3n) is 3.30. The number of aromatic nitrogens is 1. The molecule has 0 aromatic carbocycles. The molecule has 0 atom stereocenters. The van der Waals surface area contributed by atoms with Crippen LogP contribution < -0.4 is 10.9 Å². The van der Waals surface area contributed by atoms with Crippen molar-refractivity contribution in [1.29, 1.82) is 10.5 Å². The van der Waals surface area contributed by atoms with Gasteiger partial charge in [-0.05, 0) is 18.2 Å². The summed E-state index contributed by atoms with van der Waals surface area (Å²) in [5.74, 6) is 1.24. The monoisotopic (exact) mass is 281 g/mol. The first-order valence-corrected chi connectivity index (χ1v) is 6.29. The minimum atomic E-state index is -0.400. The second-order valence-electron chi connectivity index (χ2n) is 4.66. The number of furan rings is 1. The van der Waals surface area contributed by atoms with Crippen molar-refractivity contribution < 1.29 is 4.42 Å². The molecule has 0 amide bonds. The van der Waals surface area contributed by atoms with Gasteiger partial charge in [-0.1, -0.05) is 0 Å². The minimum Gasteiger partial charge on any atom is -0.468 e. The number of hydrogen-bond donors (Lipinski definition) is 1. The van der Waals surface area contributed by atoms with E-state index in [1.807, 2.05) is 23.1 Å². The Labute approximate surface area is 120 Å². The number of fused-ring (bicyclic) bond motifs is 1. The maximum Gasteiger partial charge on any atom is 0.271 e. The predicted molar refractivity (Wildman–Crippen MR) is 72.9 cm³/mol. The van der Waals surface area contributed by atoms with E-state index in [1.165, 1.54) is 10.6 Å². The summed E-state index contributed by atoms with van der Waals surface area (Å²) >= 11 is 0. The van der Waals surface area contributed by atoms with E-state index >= 15 is 0 Å². The molecule has 2 aromatic heterocycles. The molecule has 21 heavy (non-hydrogen) atoms. The van der Waals surface area contributed by atoms with Crippen molar-refractivity contribution in [3.05, 3.63) is 51.7 Å². The molecule has 0 spiro atoms. The minimum absolute atomic E-state index is 0.0306. The molecule has 2 aromatic rings. The van der Waals surface area contributed by atoms with Crippen molar-refractivity contribution in [3.63, 3.8) is 0 Å². The Balaban J connectivity index is 1.97. The van der Waals surface area contributed by atoms with E-state index in [4.69, 9.17) is 14.9 Å². The van der Waals surface area contributed by atoms with Gasteiger partial charge < -0.3 is 9.73 Å². The van der Waals surface area contributed by atoms with Gasteiger partial charge in [0.25, 0.3) is 5.56 Å². The smallest absolute Gasteiger partial charge is 0.271 e. The van der Waals surface area contributed by atoms with Crippen LogP contribution in [0, 0.1) is 22.7 Å². The average Bonchev–Trinajstić information content (AvgIpc) is 3.01. The van der Waals surface area contributed by atoms with E-state index in [0.717, 1.165) is 5.76 Å². The molecule has 7 nitrogen and oxygen atoms in total.